The molecular weight excluding hydrogens is 252 g/mol. The largest absolute Gasteiger partial charge is 0.381 e. The van der Waals surface area contributed by atoms with E-state index in [9.17, 15) is 4.79 Å². The number of hydrogen-bond donors (Lipinski definition) is 1. The van der Waals surface area contributed by atoms with E-state index in [1.165, 1.54) is 0 Å². The predicted octanol–water partition coefficient (Wildman–Crippen LogP) is 2.83. The number of ketones is 1. The van der Waals surface area contributed by atoms with E-state index in [0.717, 1.165) is 24.8 Å². The minimum atomic E-state index is -0.0885. The van der Waals surface area contributed by atoms with Crippen molar-refractivity contribution in [1.82, 2.24) is 9.97 Å². The van der Waals surface area contributed by atoms with Gasteiger partial charge in [-0.15, -0.1) is 0 Å². The molecule has 3 rings (SSSR count). The molecule has 4 nitrogen and oxygen atoms in total. The lowest BCUT2D eigenvalue weighted by molar-refractivity contribution is 0.0461. The number of Topliss-reactive ketones (excluding diaryl/α,β-unsaturated/α-hetero) is 1. The summed E-state index contributed by atoms with van der Waals surface area (Å²) in [5, 5.41) is 1.27. The zero-order valence-electron chi connectivity index (χ0n) is 9.78. The number of ether oxygens (including phenoxy) is 1. The number of fused-ring (bicyclic) bond motifs is 1. The van der Waals surface area contributed by atoms with E-state index in [1.54, 1.807) is 12.4 Å². The summed E-state index contributed by atoms with van der Waals surface area (Å²) in [5.74, 6) is -0.0512. The first-order valence-corrected chi connectivity index (χ1v) is 6.38. The molecule has 18 heavy (non-hydrogen) atoms. The first kappa shape index (κ1) is 11.7. The molecule has 1 aliphatic heterocycles. The van der Waals surface area contributed by atoms with Gasteiger partial charge in [-0.05, 0) is 18.9 Å². The third-order valence-electron chi connectivity index (χ3n) is 3.32. The Bertz CT molecular complexity index is 588. The maximum absolute atomic E-state index is 12.4. The molecule has 1 fully saturated rings. The van der Waals surface area contributed by atoms with Crippen molar-refractivity contribution in [3.63, 3.8) is 0 Å². The molecule has 1 N–H and O–H groups in total. The van der Waals surface area contributed by atoms with Crippen LogP contribution in [0.25, 0.3) is 11.0 Å². The fourth-order valence-corrected chi connectivity index (χ4v) is 2.61. The molecule has 0 radical (unpaired) electrons. The van der Waals surface area contributed by atoms with E-state index in [1.807, 2.05) is 6.07 Å². The van der Waals surface area contributed by atoms with Gasteiger partial charge in [-0.3, -0.25) is 4.79 Å². The van der Waals surface area contributed by atoms with Crippen LogP contribution in [0.3, 0.4) is 0 Å². The number of carbonyl (C=O) groups excluding carboxylic acids is 1. The Morgan fingerprint density at radius 2 is 2.44 bits per heavy atom. The highest BCUT2D eigenvalue weighted by Crippen LogP contribution is 2.28. The maximum atomic E-state index is 12.4. The molecule has 0 aromatic carbocycles. The highest BCUT2D eigenvalue weighted by Gasteiger charge is 2.25. The molecular formula is C13H13ClN2O2. The molecule has 1 unspecified atom stereocenters. The van der Waals surface area contributed by atoms with Crippen molar-refractivity contribution in [2.24, 2.45) is 5.92 Å². The zero-order valence-corrected chi connectivity index (χ0v) is 10.5. The molecule has 2 aromatic rings. The van der Waals surface area contributed by atoms with Gasteiger partial charge in [0.15, 0.2) is 5.78 Å². The van der Waals surface area contributed by atoms with Gasteiger partial charge in [-0.2, -0.15) is 0 Å². The SMILES string of the molecule is O=C(c1cnc2[nH]ccc2c1Cl)C1CCCOC1. The Morgan fingerprint density at radius 1 is 1.56 bits per heavy atom. The van der Waals surface area contributed by atoms with E-state index in [4.69, 9.17) is 16.3 Å². The fraction of sp³-hybridized carbons (Fsp3) is 0.385. The number of hydrogen-bond acceptors (Lipinski definition) is 3. The van der Waals surface area contributed by atoms with E-state index in [2.05, 4.69) is 9.97 Å². The highest BCUT2D eigenvalue weighted by atomic mass is 35.5. The van der Waals surface area contributed by atoms with Crippen molar-refractivity contribution in [3.8, 4) is 0 Å². The van der Waals surface area contributed by atoms with Crippen molar-refractivity contribution in [3.05, 3.63) is 29.0 Å². The van der Waals surface area contributed by atoms with Crippen LogP contribution >= 0.6 is 11.6 Å². The van der Waals surface area contributed by atoms with E-state index < -0.39 is 0 Å². The maximum Gasteiger partial charge on any atom is 0.171 e. The van der Waals surface area contributed by atoms with Crippen molar-refractivity contribution in [2.75, 3.05) is 13.2 Å². The molecule has 1 atom stereocenters. The average molecular weight is 265 g/mol. The Balaban J connectivity index is 1.97. The van der Waals surface area contributed by atoms with E-state index in [0.29, 0.717) is 22.8 Å². The van der Waals surface area contributed by atoms with Gasteiger partial charge in [0, 0.05) is 30.3 Å². The molecule has 94 valence electrons. The van der Waals surface area contributed by atoms with E-state index >= 15 is 0 Å². The zero-order chi connectivity index (χ0) is 12.5. The molecule has 0 aliphatic carbocycles. The van der Waals surface area contributed by atoms with Crippen LogP contribution in [0, 0.1) is 5.92 Å². The Morgan fingerprint density at radius 3 is 3.22 bits per heavy atom. The molecule has 1 aliphatic rings. The lowest BCUT2D eigenvalue weighted by Crippen LogP contribution is -2.25. The summed E-state index contributed by atoms with van der Waals surface area (Å²) < 4.78 is 5.35. The molecule has 0 saturated carbocycles. The summed E-state index contributed by atoms with van der Waals surface area (Å²) in [4.78, 5) is 19.6. The van der Waals surface area contributed by atoms with Gasteiger partial charge in [-0.25, -0.2) is 4.98 Å². The van der Waals surface area contributed by atoms with Gasteiger partial charge >= 0.3 is 0 Å². The van der Waals surface area contributed by atoms with Crippen molar-refractivity contribution < 1.29 is 9.53 Å². The van der Waals surface area contributed by atoms with Gasteiger partial charge in [0.05, 0.1) is 17.2 Å². The number of aromatic amines is 1. The molecule has 2 aromatic heterocycles. The standard InChI is InChI=1S/C13H13ClN2O2/c14-11-9-3-4-15-13(9)16-6-10(11)12(17)8-2-1-5-18-7-8/h3-4,6,8H,1-2,5,7H2,(H,15,16). The summed E-state index contributed by atoms with van der Waals surface area (Å²) in [7, 11) is 0. The number of pyridine rings is 1. The Labute approximate surface area is 109 Å². The van der Waals surface area contributed by atoms with Gasteiger partial charge in [0.25, 0.3) is 0 Å². The number of nitrogens with one attached hydrogen (secondary N) is 1. The van der Waals surface area contributed by atoms with Crippen LogP contribution in [0.4, 0.5) is 0 Å². The first-order valence-electron chi connectivity index (χ1n) is 6.01. The van der Waals surface area contributed by atoms with Gasteiger partial charge in [0.1, 0.15) is 5.65 Å². The predicted molar refractivity (Wildman–Crippen MR) is 69.0 cm³/mol. The Hall–Kier alpha value is -1.39. The topological polar surface area (TPSA) is 55.0 Å². The highest BCUT2D eigenvalue weighted by molar-refractivity contribution is 6.38. The van der Waals surface area contributed by atoms with Crippen LogP contribution in [0.1, 0.15) is 23.2 Å². The fourth-order valence-electron chi connectivity index (χ4n) is 2.31. The number of rotatable bonds is 2. The van der Waals surface area contributed by atoms with Crippen LogP contribution in [-0.4, -0.2) is 29.0 Å². The van der Waals surface area contributed by atoms with Crippen LogP contribution in [-0.2, 0) is 4.74 Å². The third kappa shape index (κ3) is 1.91. The van der Waals surface area contributed by atoms with Crippen molar-refractivity contribution in [2.45, 2.75) is 12.8 Å². The van der Waals surface area contributed by atoms with Crippen LogP contribution in [0.15, 0.2) is 18.5 Å². The normalized spacial score (nSPS) is 20.2. The van der Waals surface area contributed by atoms with Crippen LogP contribution in [0.5, 0.6) is 0 Å². The second kappa shape index (κ2) is 4.71. The summed E-state index contributed by atoms with van der Waals surface area (Å²) in [6.07, 6.45) is 5.10. The number of carbonyl (C=O) groups is 1. The van der Waals surface area contributed by atoms with Crippen LogP contribution in [0.2, 0.25) is 5.02 Å². The smallest absolute Gasteiger partial charge is 0.171 e. The number of H-pyrrole nitrogens is 1. The molecule has 5 heteroatoms. The van der Waals surface area contributed by atoms with Gasteiger partial charge in [-0.1, -0.05) is 11.6 Å². The molecule has 3 heterocycles. The summed E-state index contributed by atoms with van der Waals surface area (Å²) in [6, 6.07) is 1.83. The minimum absolute atomic E-state index is 0.0373. The monoisotopic (exact) mass is 264 g/mol. The minimum Gasteiger partial charge on any atom is -0.381 e. The van der Waals surface area contributed by atoms with Crippen molar-refractivity contribution >= 4 is 28.4 Å². The second-order valence-electron chi connectivity index (χ2n) is 4.50. The Kier molecular flexibility index (Phi) is 3.06. The third-order valence-corrected chi connectivity index (χ3v) is 3.72. The summed E-state index contributed by atoms with van der Waals surface area (Å²) in [6.45, 7) is 1.23. The quantitative estimate of drug-likeness (QED) is 0.849. The second-order valence-corrected chi connectivity index (χ2v) is 4.88. The molecule has 0 amide bonds. The van der Waals surface area contributed by atoms with Crippen molar-refractivity contribution in [1.29, 1.82) is 0 Å². The number of nitrogens with zero attached hydrogens (tertiary/aromatic N) is 1. The lowest BCUT2D eigenvalue weighted by Gasteiger charge is -2.21. The molecule has 1 saturated heterocycles. The van der Waals surface area contributed by atoms with E-state index in [-0.39, 0.29) is 11.7 Å². The molecule has 0 bridgehead atoms. The lowest BCUT2D eigenvalue weighted by atomic mass is 9.93. The first-order chi connectivity index (χ1) is 8.77. The number of aromatic nitrogens is 2. The van der Waals surface area contributed by atoms with Gasteiger partial charge < -0.3 is 9.72 Å². The summed E-state index contributed by atoms with van der Waals surface area (Å²) in [5.41, 5.74) is 1.20. The summed E-state index contributed by atoms with van der Waals surface area (Å²) >= 11 is 6.28. The van der Waals surface area contributed by atoms with Crippen LogP contribution < -0.4 is 0 Å². The molecule has 0 spiro atoms. The number of halogens is 1. The van der Waals surface area contributed by atoms with Gasteiger partial charge in [0.2, 0.25) is 0 Å². The average Bonchev–Trinajstić information content (AvgIpc) is 2.89.